The number of amides is 1. The molecule has 2 aliphatic rings. The first-order valence-corrected chi connectivity index (χ1v) is 9.45. The van der Waals surface area contributed by atoms with Gasteiger partial charge in [-0.2, -0.15) is 0 Å². The molecule has 2 aromatic carbocycles. The Hall–Kier alpha value is -1.56. The number of rotatable bonds is 3. The Kier molecular flexibility index (Phi) is 4.48. The van der Waals surface area contributed by atoms with Gasteiger partial charge in [-0.05, 0) is 48.7 Å². The molecule has 0 radical (unpaired) electrons. The Balaban J connectivity index is 1.79. The smallest absolute Gasteiger partial charge is 0.246 e. The molecule has 0 N–H and O–H groups in total. The molecule has 0 spiro atoms. The molecule has 0 saturated carbocycles. The van der Waals surface area contributed by atoms with Crippen LogP contribution in [0.3, 0.4) is 0 Å². The monoisotopic (exact) mass is 420 g/mol. The number of fused-ring (bicyclic) bond motifs is 1. The van der Waals surface area contributed by atoms with E-state index in [0.29, 0.717) is 10.8 Å². The van der Waals surface area contributed by atoms with Crippen LogP contribution in [0.1, 0.15) is 24.6 Å². The highest BCUT2D eigenvalue weighted by atomic mass is 79.9. The fourth-order valence-electron chi connectivity index (χ4n) is 3.83. The number of ether oxygens (including phenoxy) is 1. The second-order valence-corrected chi connectivity index (χ2v) is 7.67. The summed E-state index contributed by atoms with van der Waals surface area (Å²) in [6.07, 6.45) is 1.87. The molecule has 4 nitrogen and oxygen atoms in total. The van der Waals surface area contributed by atoms with Crippen LogP contribution in [-0.4, -0.2) is 30.5 Å². The van der Waals surface area contributed by atoms with Crippen molar-refractivity contribution in [3.05, 3.63) is 57.5 Å². The standard InChI is InChI=1S/C19H18BrClN2O2/c1-25-17-9-8-14(11-15(17)21)23-18(12-4-6-13(20)7-5-12)22-10-2-3-16(22)19(23)24/h4-9,11,16,18H,2-3,10H2,1H3/t16-,18+/m0/s1. The van der Waals surface area contributed by atoms with E-state index in [1.807, 2.05) is 35.2 Å². The van der Waals surface area contributed by atoms with Crippen molar-refractivity contribution in [1.82, 2.24) is 4.90 Å². The average Bonchev–Trinajstić information content (AvgIpc) is 3.18. The predicted molar refractivity (Wildman–Crippen MR) is 102 cm³/mol. The quantitative estimate of drug-likeness (QED) is 0.725. The van der Waals surface area contributed by atoms with Crippen LogP contribution in [0.4, 0.5) is 5.69 Å². The third-order valence-electron chi connectivity index (χ3n) is 4.96. The van der Waals surface area contributed by atoms with E-state index in [1.165, 1.54) is 0 Å². The highest BCUT2D eigenvalue weighted by Crippen LogP contribution is 2.43. The molecule has 130 valence electrons. The number of methoxy groups -OCH3 is 1. The van der Waals surface area contributed by atoms with E-state index in [-0.39, 0.29) is 18.1 Å². The minimum Gasteiger partial charge on any atom is -0.495 e. The highest BCUT2D eigenvalue weighted by molar-refractivity contribution is 9.10. The molecule has 2 atom stereocenters. The van der Waals surface area contributed by atoms with E-state index in [0.717, 1.165) is 35.1 Å². The van der Waals surface area contributed by atoms with Gasteiger partial charge in [0.15, 0.2) is 0 Å². The topological polar surface area (TPSA) is 32.8 Å². The van der Waals surface area contributed by atoms with Gasteiger partial charge in [-0.15, -0.1) is 0 Å². The lowest BCUT2D eigenvalue weighted by molar-refractivity contribution is -0.119. The fourth-order valence-corrected chi connectivity index (χ4v) is 4.34. The maximum absolute atomic E-state index is 13.1. The summed E-state index contributed by atoms with van der Waals surface area (Å²) < 4.78 is 6.26. The lowest BCUT2D eigenvalue weighted by atomic mass is 10.1. The van der Waals surface area contributed by atoms with Crippen LogP contribution in [0, 0.1) is 0 Å². The summed E-state index contributed by atoms with van der Waals surface area (Å²) in [5.41, 5.74) is 1.91. The summed E-state index contributed by atoms with van der Waals surface area (Å²) in [6.45, 7) is 0.928. The summed E-state index contributed by atoms with van der Waals surface area (Å²) in [7, 11) is 1.59. The number of nitrogens with zero attached hydrogens (tertiary/aromatic N) is 2. The molecule has 2 heterocycles. The van der Waals surface area contributed by atoms with E-state index in [2.05, 4.69) is 33.0 Å². The normalized spacial score (nSPS) is 23.2. The first-order chi connectivity index (χ1) is 12.1. The zero-order valence-corrected chi connectivity index (χ0v) is 16.1. The first-order valence-electron chi connectivity index (χ1n) is 8.28. The number of hydrogen-bond donors (Lipinski definition) is 0. The number of carbonyl (C=O) groups excluding carboxylic acids is 1. The number of benzene rings is 2. The Morgan fingerprint density at radius 3 is 2.64 bits per heavy atom. The molecule has 6 heteroatoms. The van der Waals surface area contributed by atoms with Crippen LogP contribution in [0.15, 0.2) is 46.9 Å². The molecule has 25 heavy (non-hydrogen) atoms. The molecule has 0 bridgehead atoms. The lowest BCUT2D eigenvalue weighted by Gasteiger charge is -2.30. The zero-order valence-electron chi connectivity index (χ0n) is 13.8. The van der Waals surface area contributed by atoms with Gasteiger partial charge in [0.05, 0.1) is 18.2 Å². The van der Waals surface area contributed by atoms with Gasteiger partial charge in [0.1, 0.15) is 11.9 Å². The van der Waals surface area contributed by atoms with Gasteiger partial charge >= 0.3 is 0 Å². The van der Waals surface area contributed by atoms with E-state index in [9.17, 15) is 4.79 Å². The van der Waals surface area contributed by atoms with Crippen molar-refractivity contribution in [1.29, 1.82) is 0 Å². The van der Waals surface area contributed by atoms with E-state index < -0.39 is 0 Å². The summed E-state index contributed by atoms with van der Waals surface area (Å²) in [5, 5.41) is 0.509. The maximum Gasteiger partial charge on any atom is 0.246 e. The summed E-state index contributed by atoms with van der Waals surface area (Å²) >= 11 is 9.79. The van der Waals surface area contributed by atoms with Crippen LogP contribution in [-0.2, 0) is 4.79 Å². The van der Waals surface area contributed by atoms with Crippen molar-refractivity contribution in [2.45, 2.75) is 25.0 Å². The molecule has 0 unspecified atom stereocenters. The van der Waals surface area contributed by atoms with Gasteiger partial charge in [0.25, 0.3) is 0 Å². The van der Waals surface area contributed by atoms with Gasteiger partial charge in [-0.25, -0.2) is 0 Å². The van der Waals surface area contributed by atoms with Gasteiger partial charge in [0.2, 0.25) is 5.91 Å². The Morgan fingerprint density at radius 1 is 1.20 bits per heavy atom. The van der Waals surface area contributed by atoms with Crippen LogP contribution < -0.4 is 9.64 Å². The Labute approximate surface area is 160 Å². The third-order valence-corrected chi connectivity index (χ3v) is 5.78. The maximum atomic E-state index is 13.1. The van der Waals surface area contributed by atoms with Crippen molar-refractivity contribution in [2.24, 2.45) is 0 Å². The highest BCUT2D eigenvalue weighted by Gasteiger charge is 2.49. The number of halogens is 2. The SMILES string of the molecule is COc1ccc(N2C(=O)[C@@H]3CCCN3[C@H]2c2ccc(Br)cc2)cc1Cl. The molecule has 2 saturated heterocycles. The van der Waals surface area contributed by atoms with Crippen LogP contribution in [0.5, 0.6) is 5.75 Å². The molecule has 0 aliphatic carbocycles. The number of anilines is 1. The van der Waals surface area contributed by atoms with Crippen molar-refractivity contribution in [3.63, 3.8) is 0 Å². The van der Waals surface area contributed by atoms with Crippen molar-refractivity contribution >= 4 is 39.1 Å². The van der Waals surface area contributed by atoms with Crippen LogP contribution in [0.25, 0.3) is 0 Å². The van der Waals surface area contributed by atoms with Crippen LogP contribution in [0.2, 0.25) is 5.02 Å². The fraction of sp³-hybridized carbons (Fsp3) is 0.316. The van der Waals surface area contributed by atoms with Crippen molar-refractivity contribution in [3.8, 4) is 5.75 Å². The minimum atomic E-state index is -0.0995. The third kappa shape index (κ3) is 2.84. The van der Waals surface area contributed by atoms with E-state index >= 15 is 0 Å². The van der Waals surface area contributed by atoms with Crippen molar-refractivity contribution < 1.29 is 9.53 Å². The van der Waals surface area contributed by atoms with Crippen molar-refractivity contribution in [2.75, 3.05) is 18.6 Å². The summed E-state index contributed by atoms with van der Waals surface area (Å²) in [4.78, 5) is 17.3. The molecule has 1 amide bonds. The van der Waals surface area contributed by atoms with Gasteiger partial charge in [0, 0.05) is 16.7 Å². The van der Waals surface area contributed by atoms with Gasteiger partial charge in [-0.3, -0.25) is 14.6 Å². The second kappa shape index (κ2) is 6.63. The van der Waals surface area contributed by atoms with E-state index in [1.54, 1.807) is 7.11 Å². The lowest BCUT2D eigenvalue weighted by Crippen LogP contribution is -2.32. The Bertz CT molecular complexity index is 812. The Morgan fingerprint density at radius 2 is 1.96 bits per heavy atom. The number of carbonyl (C=O) groups is 1. The minimum absolute atomic E-state index is 0.0467. The summed E-state index contributed by atoms with van der Waals surface area (Å²) in [6, 6.07) is 13.7. The van der Waals surface area contributed by atoms with Gasteiger partial charge < -0.3 is 4.74 Å². The van der Waals surface area contributed by atoms with E-state index in [4.69, 9.17) is 16.3 Å². The van der Waals surface area contributed by atoms with Crippen LogP contribution >= 0.6 is 27.5 Å². The zero-order chi connectivity index (χ0) is 17.6. The summed E-state index contributed by atoms with van der Waals surface area (Å²) in [5.74, 6) is 0.754. The molecule has 2 aromatic rings. The molecule has 2 fully saturated rings. The average molecular weight is 422 g/mol. The molecule has 0 aromatic heterocycles. The predicted octanol–water partition coefficient (Wildman–Crippen LogP) is 4.62. The second-order valence-electron chi connectivity index (χ2n) is 6.35. The van der Waals surface area contributed by atoms with Gasteiger partial charge in [-0.1, -0.05) is 39.7 Å². The number of hydrogen-bond acceptors (Lipinski definition) is 3. The largest absolute Gasteiger partial charge is 0.495 e. The first kappa shape index (κ1) is 16.9. The molecular formula is C19H18BrClN2O2. The molecule has 4 rings (SSSR count). The molecular weight excluding hydrogens is 404 g/mol. The molecule has 2 aliphatic heterocycles.